The third-order valence-corrected chi connectivity index (χ3v) is 25.6. The molecule has 0 rings (SSSR count). The van der Waals surface area contributed by atoms with Gasteiger partial charge in [0.15, 0.2) is 25.0 Å². The van der Waals surface area contributed by atoms with E-state index in [1.54, 1.807) is 0 Å². The molecule has 0 unspecified atom stereocenters. The van der Waals surface area contributed by atoms with E-state index in [0.29, 0.717) is 6.10 Å². The molecule has 47 heavy (non-hydrogen) atoms. The maximum Gasteiger partial charge on any atom is 0.192 e. The van der Waals surface area contributed by atoms with Crippen LogP contribution in [0.2, 0.25) is 54.4 Å². The van der Waals surface area contributed by atoms with Crippen LogP contribution in [0.1, 0.15) is 178 Å². The van der Waals surface area contributed by atoms with Crippen molar-refractivity contribution in [1.29, 1.82) is 0 Å². The Bertz CT molecular complexity index is 817. The minimum atomic E-state index is -1.96. The molecule has 0 bridgehead atoms. The van der Waals surface area contributed by atoms with Crippen LogP contribution in [-0.2, 0) is 13.3 Å². The second-order valence-corrected chi connectivity index (χ2v) is 33.8. The monoisotopic (exact) mass is 713 g/mol. The smallest absolute Gasteiger partial charge is 0.192 e. The molecule has 0 saturated carbocycles. The summed E-state index contributed by atoms with van der Waals surface area (Å²) in [7, 11) is -5.76. The van der Waals surface area contributed by atoms with Crippen molar-refractivity contribution in [1.82, 2.24) is 0 Å². The first kappa shape index (κ1) is 47.3. The third kappa shape index (κ3) is 19.5. The first-order valence-electron chi connectivity index (χ1n) is 20.0. The maximum absolute atomic E-state index is 7.24. The number of rotatable bonds is 26. The van der Waals surface area contributed by atoms with Gasteiger partial charge < -0.3 is 13.3 Å². The summed E-state index contributed by atoms with van der Waals surface area (Å²) >= 11 is 0. The number of hydrogen-bond acceptors (Lipinski definition) is 3. The molecule has 3 nitrogen and oxygen atoms in total. The van der Waals surface area contributed by atoms with E-state index >= 15 is 0 Å². The SMILES string of the molecule is C=CC[C@H](C[C@H](CC[C@@H](CCCCCCCCCCCCCC)O[Si](C)(C)C(C)(C)C)O[Si](C)(C)C(C)(C)C)O[Si](C)(C)C(C)(C)C. The standard InChI is InChI=1S/C41H88O3Si3/c1-18-20-21-22-23-24-25-26-27-28-29-30-32-36(42-45(12,13)39(3,4)5)33-34-38(44-47(16,17)41(9,10)11)35-37(31-19-2)43-46(14,15)40(6,7)8/h19,36-38H,2,18,20-35H2,1,3-17H3/t36-,37-,38+/m1/s1. The van der Waals surface area contributed by atoms with Crippen molar-refractivity contribution in [3.8, 4) is 0 Å². The Hall–Kier alpha value is 0.271. The molecule has 0 aliphatic carbocycles. The Labute approximate surface area is 301 Å². The third-order valence-electron chi connectivity index (χ3n) is 11.9. The lowest BCUT2D eigenvalue weighted by Gasteiger charge is -2.43. The van der Waals surface area contributed by atoms with Gasteiger partial charge in [0.2, 0.25) is 0 Å². The molecule has 0 spiro atoms. The highest BCUT2D eigenvalue weighted by Crippen LogP contribution is 2.42. The van der Waals surface area contributed by atoms with Gasteiger partial charge in [0.05, 0.1) is 6.10 Å². The summed E-state index contributed by atoms with van der Waals surface area (Å²) < 4.78 is 21.5. The van der Waals surface area contributed by atoms with Gasteiger partial charge in [0, 0.05) is 12.2 Å². The number of unbranched alkanes of at least 4 members (excludes halogenated alkanes) is 11. The van der Waals surface area contributed by atoms with Crippen molar-refractivity contribution in [3.63, 3.8) is 0 Å². The normalized spacial score (nSPS) is 15.9. The van der Waals surface area contributed by atoms with Crippen molar-refractivity contribution in [3.05, 3.63) is 12.7 Å². The van der Waals surface area contributed by atoms with Crippen molar-refractivity contribution >= 4 is 25.0 Å². The van der Waals surface area contributed by atoms with E-state index in [1.165, 1.54) is 83.5 Å². The van der Waals surface area contributed by atoms with Gasteiger partial charge in [-0.05, 0) is 86.5 Å². The largest absolute Gasteiger partial charge is 0.414 e. The van der Waals surface area contributed by atoms with Gasteiger partial charge in [-0.1, -0.05) is 152 Å². The molecule has 3 atom stereocenters. The first-order valence-corrected chi connectivity index (χ1v) is 28.8. The van der Waals surface area contributed by atoms with Crippen LogP contribution in [0.25, 0.3) is 0 Å². The van der Waals surface area contributed by atoms with E-state index in [2.05, 4.69) is 121 Å². The molecule has 0 heterocycles. The molecule has 0 radical (unpaired) electrons. The zero-order valence-electron chi connectivity index (χ0n) is 35.3. The summed E-state index contributed by atoms with van der Waals surface area (Å²) in [4.78, 5) is 0. The number of hydrogen-bond donors (Lipinski definition) is 0. The van der Waals surface area contributed by atoms with Crippen LogP contribution in [0.15, 0.2) is 12.7 Å². The molecule has 0 fully saturated rings. The molecular weight excluding hydrogens is 625 g/mol. The summed E-state index contributed by atoms with van der Waals surface area (Å²) in [6.45, 7) is 42.1. The maximum atomic E-state index is 7.24. The zero-order chi connectivity index (χ0) is 36.6. The average Bonchev–Trinajstić information content (AvgIpc) is 2.89. The zero-order valence-corrected chi connectivity index (χ0v) is 38.3. The molecule has 0 aliphatic rings. The highest BCUT2D eigenvalue weighted by molar-refractivity contribution is 6.75. The van der Waals surface area contributed by atoms with Gasteiger partial charge >= 0.3 is 0 Å². The van der Waals surface area contributed by atoms with Gasteiger partial charge in [-0.25, -0.2) is 0 Å². The Balaban J connectivity index is 5.61. The first-order chi connectivity index (χ1) is 21.4. The second kappa shape index (κ2) is 21.6. The van der Waals surface area contributed by atoms with E-state index < -0.39 is 25.0 Å². The Morgan fingerprint density at radius 3 is 1.15 bits per heavy atom. The fraction of sp³-hybridized carbons (Fsp3) is 0.951. The molecular formula is C41H88O3Si3. The minimum Gasteiger partial charge on any atom is -0.414 e. The van der Waals surface area contributed by atoms with E-state index in [-0.39, 0.29) is 27.3 Å². The Kier molecular flexibility index (Phi) is 21.7. The lowest BCUT2D eigenvalue weighted by molar-refractivity contribution is 0.0725. The van der Waals surface area contributed by atoms with Crippen LogP contribution in [0.4, 0.5) is 0 Å². The van der Waals surface area contributed by atoms with E-state index in [4.69, 9.17) is 13.3 Å². The summed E-state index contributed by atoms with van der Waals surface area (Å²) in [5.41, 5.74) is 0. The highest BCUT2D eigenvalue weighted by Gasteiger charge is 2.43. The quantitative estimate of drug-likeness (QED) is 0.0508. The van der Waals surface area contributed by atoms with Gasteiger partial charge in [0.25, 0.3) is 0 Å². The minimum absolute atomic E-state index is 0.152. The fourth-order valence-corrected chi connectivity index (χ4v) is 9.73. The van der Waals surface area contributed by atoms with E-state index in [0.717, 1.165) is 25.7 Å². The van der Waals surface area contributed by atoms with Crippen LogP contribution in [0.3, 0.4) is 0 Å². The van der Waals surface area contributed by atoms with Crippen molar-refractivity contribution in [2.24, 2.45) is 0 Å². The highest BCUT2D eigenvalue weighted by atomic mass is 28.4. The molecule has 0 aromatic heterocycles. The van der Waals surface area contributed by atoms with E-state index in [1.807, 2.05) is 0 Å². The summed E-state index contributed by atoms with van der Waals surface area (Å²) in [5, 5.41) is 0.564. The van der Waals surface area contributed by atoms with Crippen molar-refractivity contribution in [2.45, 2.75) is 251 Å². The van der Waals surface area contributed by atoms with Crippen LogP contribution in [-0.4, -0.2) is 43.3 Å². The Morgan fingerprint density at radius 1 is 0.468 bits per heavy atom. The van der Waals surface area contributed by atoms with Crippen molar-refractivity contribution in [2.75, 3.05) is 0 Å². The second-order valence-electron chi connectivity index (χ2n) is 19.5. The van der Waals surface area contributed by atoms with Crippen molar-refractivity contribution < 1.29 is 13.3 Å². The van der Waals surface area contributed by atoms with Crippen LogP contribution >= 0.6 is 0 Å². The lowest BCUT2D eigenvalue weighted by atomic mass is 9.99. The average molecular weight is 713 g/mol. The summed E-state index contributed by atoms with van der Waals surface area (Å²) in [6, 6.07) is 0. The molecule has 0 aromatic carbocycles. The lowest BCUT2D eigenvalue weighted by Crippen LogP contribution is -2.47. The molecule has 282 valence electrons. The fourth-order valence-electron chi connectivity index (χ4n) is 5.52. The topological polar surface area (TPSA) is 27.7 Å². The molecule has 0 amide bonds. The molecule has 0 saturated heterocycles. The van der Waals surface area contributed by atoms with Gasteiger partial charge in [-0.15, -0.1) is 6.58 Å². The molecule has 0 N–H and O–H groups in total. The van der Waals surface area contributed by atoms with E-state index in [9.17, 15) is 0 Å². The van der Waals surface area contributed by atoms with Gasteiger partial charge in [-0.3, -0.25) is 0 Å². The summed E-state index contributed by atoms with van der Waals surface area (Å²) in [6.07, 6.45) is 24.5. The predicted octanol–water partition coefficient (Wildman–Crippen LogP) is 15.0. The summed E-state index contributed by atoms with van der Waals surface area (Å²) in [5.74, 6) is 0. The van der Waals surface area contributed by atoms with Crippen LogP contribution in [0, 0.1) is 0 Å². The predicted molar refractivity (Wildman–Crippen MR) is 221 cm³/mol. The molecule has 0 aromatic rings. The van der Waals surface area contributed by atoms with Crippen LogP contribution < -0.4 is 0 Å². The van der Waals surface area contributed by atoms with Gasteiger partial charge in [0.1, 0.15) is 0 Å². The van der Waals surface area contributed by atoms with Gasteiger partial charge in [-0.2, -0.15) is 0 Å². The molecule has 0 aliphatic heterocycles. The van der Waals surface area contributed by atoms with Crippen LogP contribution in [0.5, 0.6) is 0 Å². The Morgan fingerprint density at radius 2 is 0.787 bits per heavy atom. The molecule has 6 heteroatoms.